The molecule has 0 fully saturated rings. The third-order valence-corrected chi connectivity index (χ3v) is 4.92. The van der Waals surface area contributed by atoms with Gasteiger partial charge >= 0.3 is 6.09 Å². The highest BCUT2D eigenvalue weighted by Crippen LogP contribution is 2.28. The number of methoxy groups -OCH3 is 1. The first-order chi connectivity index (χ1) is 17.1. The lowest BCUT2D eigenvalue weighted by Crippen LogP contribution is -2.35. The number of benzene rings is 2. The summed E-state index contributed by atoms with van der Waals surface area (Å²) in [4.78, 5) is 36.0. The first kappa shape index (κ1) is 28.5. The van der Waals surface area contributed by atoms with Crippen molar-refractivity contribution in [1.82, 2.24) is 10.6 Å². The van der Waals surface area contributed by atoms with Crippen LogP contribution < -0.4 is 25.4 Å². The van der Waals surface area contributed by atoms with Crippen LogP contribution in [0.1, 0.15) is 51.7 Å². The van der Waals surface area contributed by atoms with E-state index in [-0.39, 0.29) is 24.8 Å². The molecular weight excluding hydrogens is 462 g/mol. The highest BCUT2D eigenvalue weighted by atomic mass is 16.6. The average molecular weight is 500 g/mol. The molecule has 0 unspecified atom stereocenters. The molecule has 0 bridgehead atoms. The predicted molar refractivity (Wildman–Crippen MR) is 138 cm³/mol. The SMILES string of the molecule is CCOc1ccc(CCC(=O)Nc2ccc(CNC(=O)CCNC(=O)OC(C)(C)C)cc2)cc1OC. The van der Waals surface area contributed by atoms with E-state index in [1.54, 1.807) is 40.0 Å². The maximum atomic E-state index is 12.4. The molecule has 0 aliphatic heterocycles. The summed E-state index contributed by atoms with van der Waals surface area (Å²) in [6, 6.07) is 12.9. The molecule has 2 rings (SSSR count). The molecule has 0 atom stereocenters. The van der Waals surface area contributed by atoms with Gasteiger partial charge in [-0.2, -0.15) is 0 Å². The molecule has 36 heavy (non-hydrogen) atoms. The number of nitrogens with one attached hydrogen (secondary N) is 3. The Hall–Kier alpha value is -3.75. The third kappa shape index (κ3) is 10.7. The molecule has 9 heteroatoms. The summed E-state index contributed by atoms with van der Waals surface area (Å²) in [6.07, 6.45) is 0.494. The fraction of sp³-hybridized carbons (Fsp3) is 0.444. The standard InChI is InChI=1S/C27H37N3O6/c1-6-35-22-13-9-19(17-23(22)34-5)10-14-25(32)30-21-11-7-20(8-12-21)18-29-24(31)15-16-28-26(33)36-27(2,3)4/h7-9,11-13,17H,6,10,14-16,18H2,1-5H3,(H,28,33)(H,29,31)(H,30,32). The number of rotatable bonds is 12. The Morgan fingerprint density at radius 2 is 1.56 bits per heavy atom. The fourth-order valence-corrected chi connectivity index (χ4v) is 3.21. The van der Waals surface area contributed by atoms with Crippen molar-refractivity contribution in [2.75, 3.05) is 25.6 Å². The zero-order valence-electron chi connectivity index (χ0n) is 21.7. The minimum atomic E-state index is -0.581. The Morgan fingerprint density at radius 3 is 2.19 bits per heavy atom. The zero-order valence-corrected chi connectivity index (χ0v) is 21.7. The smallest absolute Gasteiger partial charge is 0.407 e. The average Bonchev–Trinajstić information content (AvgIpc) is 2.82. The summed E-state index contributed by atoms with van der Waals surface area (Å²) in [5, 5.41) is 8.24. The van der Waals surface area contributed by atoms with Gasteiger partial charge in [0.25, 0.3) is 0 Å². The lowest BCUT2D eigenvalue weighted by Gasteiger charge is -2.19. The number of alkyl carbamates (subject to hydrolysis) is 1. The van der Waals surface area contributed by atoms with Crippen LogP contribution in [0.25, 0.3) is 0 Å². The van der Waals surface area contributed by atoms with Crippen molar-refractivity contribution in [2.45, 2.75) is 59.1 Å². The molecule has 0 saturated heterocycles. The van der Waals surface area contributed by atoms with E-state index in [4.69, 9.17) is 14.2 Å². The molecule has 0 spiro atoms. The van der Waals surface area contributed by atoms with Gasteiger partial charge in [0.15, 0.2) is 11.5 Å². The van der Waals surface area contributed by atoms with Gasteiger partial charge in [-0.3, -0.25) is 9.59 Å². The maximum Gasteiger partial charge on any atom is 0.407 e. The van der Waals surface area contributed by atoms with E-state index in [0.717, 1.165) is 11.1 Å². The van der Waals surface area contributed by atoms with Gasteiger partial charge < -0.3 is 30.2 Å². The van der Waals surface area contributed by atoms with Crippen LogP contribution in [0.5, 0.6) is 11.5 Å². The molecule has 0 aromatic heterocycles. The lowest BCUT2D eigenvalue weighted by molar-refractivity contribution is -0.121. The number of ether oxygens (including phenoxy) is 3. The number of amides is 3. The molecule has 9 nitrogen and oxygen atoms in total. The normalized spacial score (nSPS) is 10.8. The summed E-state index contributed by atoms with van der Waals surface area (Å²) >= 11 is 0. The molecule has 0 heterocycles. The number of carbonyl (C=O) groups is 3. The lowest BCUT2D eigenvalue weighted by atomic mass is 10.1. The number of anilines is 1. The van der Waals surface area contributed by atoms with Crippen molar-refractivity contribution >= 4 is 23.6 Å². The van der Waals surface area contributed by atoms with Gasteiger partial charge in [-0.05, 0) is 69.5 Å². The van der Waals surface area contributed by atoms with E-state index in [1.807, 2.05) is 37.3 Å². The summed E-state index contributed by atoms with van der Waals surface area (Å²) in [5.74, 6) is 1.05. The molecule has 0 radical (unpaired) electrons. The van der Waals surface area contributed by atoms with Crippen LogP contribution in [0.3, 0.4) is 0 Å². The third-order valence-electron chi connectivity index (χ3n) is 4.92. The maximum absolute atomic E-state index is 12.4. The summed E-state index contributed by atoms with van der Waals surface area (Å²) in [5.41, 5.74) is 1.98. The number of hydrogen-bond donors (Lipinski definition) is 3. The van der Waals surface area contributed by atoms with Crippen molar-refractivity contribution in [2.24, 2.45) is 0 Å². The van der Waals surface area contributed by atoms with Crippen molar-refractivity contribution in [3.05, 3.63) is 53.6 Å². The molecule has 2 aromatic rings. The molecule has 2 aromatic carbocycles. The van der Waals surface area contributed by atoms with Crippen molar-refractivity contribution < 1.29 is 28.6 Å². The summed E-state index contributed by atoms with van der Waals surface area (Å²) in [7, 11) is 1.59. The van der Waals surface area contributed by atoms with Gasteiger partial charge in [0, 0.05) is 31.6 Å². The van der Waals surface area contributed by atoms with E-state index in [9.17, 15) is 14.4 Å². The molecule has 3 amide bonds. The van der Waals surface area contributed by atoms with Crippen LogP contribution in [0, 0.1) is 0 Å². The van der Waals surface area contributed by atoms with Crippen molar-refractivity contribution in [3.8, 4) is 11.5 Å². The Labute approximate surface area is 212 Å². The Bertz CT molecular complexity index is 1020. The van der Waals surface area contributed by atoms with Gasteiger partial charge in [-0.25, -0.2) is 4.79 Å². The molecular formula is C27H37N3O6. The fourth-order valence-electron chi connectivity index (χ4n) is 3.21. The summed E-state index contributed by atoms with van der Waals surface area (Å²) < 4.78 is 16.0. The van der Waals surface area contributed by atoms with E-state index < -0.39 is 11.7 Å². The van der Waals surface area contributed by atoms with Crippen LogP contribution in [0.2, 0.25) is 0 Å². The molecule has 0 aliphatic carbocycles. The van der Waals surface area contributed by atoms with Gasteiger partial charge in [-0.15, -0.1) is 0 Å². The Morgan fingerprint density at radius 1 is 0.861 bits per heavy atom. The van der Waals surface area contributed by atoms with E-state index in [2.05, 4.69) is 16.0 Å². The topological polar surface area (TPSA) is 115 Å². The molecule has 3 N–H and O–H groups in total. The monoisotopic (exact) mass is 499 g/mol. The molecule has 0 saturated carbocycles. The second kappa shape index (κ2) is 14.0. The number of aryl methyl sites for hydroxylation is 1. The quantitative estimate of drug-likeness (QED) is 0.403. The van der Waals surface area contributed by atoms with Crippen molar-refractivity contribution in [1.29, 1.82) is 0 Å². The number of hydrogen-bond acceptors (Lipinski definition) is 6. The first-order valence-corrected chi connectivity index (χ1v) is 12.0. The van der Waals surface area contributed by atoms with E-state index in [1.165, 1.54) is 0 Å². The highest BCUT2D eigenvalue weighted by molar-refractivity contribution is 5.90. The number of carbonyl (C=O) groups excluding carboxylic acids is 3. The van der Waals surface area contributed by atoms with Gasteiger partial charge in [0.05, 0.1) is 13.7 Å². The van der Waals surface area contributed by atoms with Gasteiger partial charge in [0.2, 0.25) is 11.8 Å². The largest absolute Gasteiger partial charge is 0.493 e. The van der Waals surface area contributed by atoms with Crippen LogP contribution in [0.15, 0.2) is 42.5 Å². The minimum Gasteiger partial charge on any atom is -0.493 e. The Balaban J connectivity index is 1.71. The molecule has 196 valence electrons. The minimum absolute atomic E-state index is 0.0959. The highest BCUT2D eigenvalue weighted by Gasteiger charge is 2.16. The van der Waals surface area contributed by atoms with Crippen molar-refractivity contribution in [3.63, 3.8) is 0 Å². The van der Waals surface area contributed by atoms with Crippen LogP contribution in [-0.2, 0) is 27.3 Å². The van der Waals surface area contributed by atoms with E-state index in [0.29, 0.717) is 43.2 Å². The van der Waals surface area contributed by atoms with Crippen LogP contribution >= 0.6 is 0 Å². The van der Waals surface area contributed by atoms with Crippen LogP contribution in [0.4, 0.5) is 10.5 Å². The molecule has 0 aliphatic rings. The summed E-state index contributed by atoms with van der Waals surface area (Å²) in [6.45, 7) is 8.32. The van der Waals surface area contributed by atoms with Gasteiger partial charge in [0.1, 0.15) is 5.60 Å². The second-order valence-electron chi connectivity index (χ2n) is 9.12. The van der Waals surface area contributed by atoms with E-state index >= 15 is 0 Å². The van der Waals surface area contributed by atoms with Crippen LogP contribution in [-0.4, -0.2) is 43.8 Å². The predicted octanol–water partition coefficient (Wildman–Crippen LogP) is 4.20. The Kier molecular flexibility index (Phi) is 11.1. The zero-order chi connectivity index (χ0) is 26.6. The second-order valence-corrected chi connectivity index (χ2v) is 9.12. The first-order valence-electron chi connectivity index (χ1n) is 12.0. The van der Waals surface area contributed by atoms with Gasteiger partial charge in [-0.1, -0.05) is 18.2 Å².